The standard InChI is InChI=1S/C9H9ClN2O3S/c1-12(2)16(13,14)7-5-3-4-6-8(7)15-9(10)11-6/h3-5H,1-2H3. The fourth-order valence-electron chi connectivity index (χ4n) is 1.30. The van der Waals surface area contributed by atoms with E-state index >= 15 is 0 Å². The minimum atomic E-state index is -3.55. The van der Waals surface area contributed by atoms with E-state index in [0.717, 1.165) is 4.31 Å². The van der Waals surface area contributed by atoms with Gasteiger partial charge in [0.15, 0.2) is 5.58 Å². The van der Waals surface area contributed by atoms with Gasteiger partial charge in [0.2, 0.25) is 10.0 Å². The number of nitrogens with zero attached hydrogens (tertiary/aromatic N) is 2. The van der Waals surface area contributed by atoms with E-state index in [1.54, 1.807) is 12.1 Å². The van der Waals surface area contributed by atoms with Gasteiger partial charge in [-0.2, -0.15) is 4.98 Å². The van der Waals surface area contributed by atoms with Crippen LogP contribution in [0.15, 0.2) is 27.5 Å². The normalized spacial score (nSPS) is 12.5. The summed E-state index contributed by atoms with van der Waals surface area (Å²) in [6, 6.07) is 4.69. The van der Waals surface area contributed by atoms with E-state index in [0.29, 0.717) is 5.52 Å². The van der Waals surface area contributed by atoms with Crippen molar-refractivity contribution in [3.05, 3.63) is 23.5 Å². The summed E-state index contributed by atoms with van der Waals surface area (Å²) in [5, 5.41) is -0.0728. The molecule has 0 unspecified atom stereocenters. The summed E-state index contributed by atoms with van der Waals surface area (Å²) in [6.07, 6.45) is 0. The van der Waals surface area contributed by atoms with E-state index in [4.69, 9.17) is 16.0 Å². The summed E-state index contributed by atoms with van der Waals surface area (Å²) in [4.78, 5) is 3.93. The zero-order valence-corrected chi connectivity index (χ0v) is 10.2. The number of rotatable bonds is 2. The molecule has 1 aromatic heterocycles. The Morgan fingerprint density at radius 2 is 2.06 bits per heavy atom. The van der Waals surface area contributed by atoms with E-state index in [9.17, 15) is 8.42 Å². The lowest BCUT2D eigenvalue weighted by molar-refractivity contribution is 0.518. The van der Waals surface area contributed by atoms with Gasteiger partial charge in [0, 0.05) is 14.1 Å². The molecule has 86 valence electrons. The molecule has 2 rings (SSSR count). The summed E-state index contributed by atoms with van der Waals surface area (Å²) in [5.41, 5.74) is 0.606. The van der Waals surface area contributed by atoms with E-state index in [1.165, 1.54) is 20.2 Å². The van der Waals surface area contributed by atoms with Crippen LogP contribution in [0.25, 0.3) is 11.1 Å². The highest BCUT2D eigenvalue weighted by Crippen LogP contribution is 2.26. The SMILES string of the molecule is CN(C)S(=O)(=O)c1cccc2nc(Cl)oc12. The summed E-state index contributed by atoms with van der Waals surface area (Å²) in [7, 11) is -0.648. The summed E-state index contributed by atoms with van der Waals surface area (Å²) < 4.78 is 30.1. The zero-order valence-electron chi connectivity index (χ0n) is 8.64. The van der Waals surface area contributed by atoms with E-state index < -0.39 is 10.0 Å². The van der Waals surface area contributed by atoms with Crippen molar-refractivity contribution in [3.8, 4) is 0 Å². The molecule has 0 atom stereocenters. The van der Waals surface area contributed by atoms with Gasteiger partial charge in [-0.15, -0.1) is 0 Å². The number of fused-ring (bicyclic) bond motifs is 1. The molecule has 0 saturated heterocycles. The van der Waals surface area contributed by atoms with Crippen LogP contribution in [0.4, 0.5) is 0 Å². The Morgan fingerprint density at radius 1 is 1.38 bits per heavy atom. The lowest BCUT2D eigenvalue weighted by atomic mass is 10.3. The van der Waals surface area contributed by atoms with Gasteiger partial charge in [0.1, 0.15) is 10.4 Å². The Hall–Kier alpha value is -1.11. The Balaban J connectivity index is 2.79. The van der Waals surface area contributed by atoms with Crippen LogP contribution in [0.1, 0.15) is 0 Å². The zero-order chi connectivity index (χ0) is 11.9. The maximum Gasteiger partial charge on any atom is 0.293 e. The van der Waals surface area contributed by atoms with Crippen LogP contribution < -0.4 is 0 Å². The Kier molecular flexibility index (Phi) is 2.65. The molecule has 7 heteroatoms. The molecule has 16 heavy (non-hydrogen) atoms. The number of aromatic nitrogens is 1. The van der Waals surface area contributed by atoms with Gasteiger partial charge < -0.3 is 4.42 Å². The number of hydrogen-bond donors (Lipinski definition) is 0. The molecule has 0 amide bonds. The third-order valence-corrected chi connectivity index (χ3v) is 4.11. The van der Waals surface area contributed by atoms with E-state index in [2.05, 4.69) is 4.98 Å². The highest BCUT2D eigenvalue weighted by Gasteiger charge is 2.22. The monoisotopic (exact) mass is 260 g/mol. The minimum absolute atomic E-state index is 0.0643. The third kappa shape index (κ3) is 1.68. The van der Waals surface area contributed by atoms with Gasteiger partial charge in [-0.3, -0.25) is 0 Å². The van der Waals surface area contributed by atoms with Crippen LogP contribution in [-0.4, -0.2) is 31.8 Å². The summed E-state index contributed by atoms with van der Waals surface area (Å²) in [5.74, 6) is 0. The van der Waals surface area contributed by atoms with Crippen LogP contribution in [0.2, 0.25) is 5.35 Å². The Bertz CT molecular complexity index is 633. The first-order valence-corrected chi connectivity index (χ1v) is 6.22. The molecule has 0 bridgehead atoms. The summed E-state index contributed by atoms with van der Waals surface area (Å²) in [6.45, 7) is 0. The molecule has 0 aliphatic heterocycles. The molecule has 1 heterocycles. The molecule has 0 spiro atoms. The first-order valence-electron chi connectivity index (χ1n) is 4.40. The van der Waals surface area contributed by atoms with Gasteiger partial charge in [0.25, 0.3) is 5.35 Å². The van der Waals surface area contributed by atoms with Crippen molar-refractivity contribution < 1.29 is 12.8 Å². The number of oxazole rings is 1. The average molecular weight is 261 g/mol. The van der Waals surface area contributed by atoms with Crippen molar-refractivity contribution in [2.45, 2.75) is 4.90 Å². The molecule has 0 aliphatic rings. The highest BCUT2D eigenvalue weighted by atomic mass is 35.5. The minimum Gasteiger partial charge on any atom is -0.426 e. The van der Waals surface area contributed by atoms with Crippen molar-refractivity contribution in [3.63, 3.8) is 0 Å². The van der Waals surface area contributed by atoms with Gasteiger partial charge in [0.05, 0.1) is 0 Å². The molecular weight excluding hydrogens is 252 g/mol. The van der Waals surface area contributed by atoms with E-state index in [1.807, 2.05) is 0 Å². The second kappa shape index (κ2) is 3.73. The van der Waals surface area contributed by atoms with Gasteiger partial charge in [-0.1, -0.05) is 6.07 Å². The second-order valence-corrected chi connectivity index (χ2v) is 5.80. The summed E-state index contributed by atoms with van der Waals surface area (Å²) >= 11 is 5.60. The topological polar surface area (TPSA) is 63.4 Å². The maximum atomic E-state index is 12.0. The van der Waals surface area contributed by atoms with Crippen molar-refractivity contribution >= 4 is 32.7 Å². The van der Waals surface area contributed by atoms with Crippen LogP contribution >= 0.6 is 11.6 Å². The second-order valence-electron chi connectivity index (χ2n) is 3.36. The fraction of sp³-hybridized carbons (Fsp3) is 0.222. The van der Waals surface area contributed by atoms with Crippen molar-refractivity contribution in [1.29, 1.82) is 0 Å². The lowest BCUT2D eigenvalue weighted by Gasteiger charge is -2.10. The average Bonchev–Trinajstić information content (AvgIpc) is 2.56. The maximum absolute atomic E-state index is 12.0. The number of sulfonamides is 1. The predicted molar refractivity (Wildman–Crippen MR) is 59.9 cm³/mol. The van der Waals surface area contributed by atoms with Crippen LogP contribution in [0.3, 0.4) is 0 Å². The lowest BCUT2D eigenvalue weighted by Crippen LogP contribution is -2.22. The van der Waals surface area contributed by atoms with Crippen molar-refractivity contribution in [1.82, 2.24) is 9.29 Å². The fourth-order valence-corrected chi connectivity index (χ4v) is 2.49. The van der Waals surface area contributed by atoms with Gasteiger partial charge in [-0.25, -0.2) is 12.7 Å². The highest BCUT2D eigenvalue weighted by molar-refractivity contribution is 7.89. The quantitative estimate of drug-likeness (QED) is 0.825. The molecule has 0 N–H and O–H groups in total. The molecule has 0 radical (unpaired) electrons. The molecule has 0 saturated carbocycles. The molecule has 5 nitrogen and oxygen atoms in total. The van der Waals surface area contributed by atoms with Crippen molar-refractivity contribution in [2.24, 2.45) is 0 Å². The molecule has 0 fully saturated rings. The Labute approximate surface area is 97.7 Å². The Morgan fingerprint density at radius 3 is 2.69 bits per heavy atom. The smallest absolute Gasteiger partial charge is 0.293 e. The van der Waals surface area contributed by atoms with Crippen molar-refractivity contribution in [2.75, 3.05) is 14.1 Å². The predicted octanol–water partition coefficient (Wildman–Crippen LogP) is 1.73. The number of benzene rings is 1. The molecule has 1 aromatic carbocycles. The molecular formula is C9H9ClN2O3S. The first-order chi connectivity index (χ1) is 7.43. The van der Waals surface area contributed by atoms with E-state index in [-0.39, 0.29) is 15.8 Å². The number of halogens is 1. The van der Waals surface area contributed by atoms with Crippen LogP contribution in [-0.2, 0) is 10.0 Å². The third-order valence-electron chi connectivity index (χ3n) is 2.11. The van der Waals surface area contributed by atoms with Gasteiger partial charge in [-0.05, 0) is 23.7 Å². The first kappa shape index (κ1) is 11.4. The molecule has 0 aliphatic carbocycles. The molecule has 2 aromatic rings. The number of para-hydroxylation sites is 1. The number of hydrogen-bond acceptors (Lipinski definition) is 4. The van der Waals surface area contributed by atoms with Crippen LogP contribution in [0.5, 0.6) is 0 Å². The largest absolute Gasteiger partial charge is 0.426 e. The van der Waals surface area contributed by atoms with Gasteiger partial charge >= 0.3 is 0 Å². The van der Waals surface area contributed by atoms with Crippen LogP contribution in [0, 0.1) is 0 Å².